The van der Waals surface area contributed by atoms with Crippen molar-refractivity contribution in [2.45, 2.75) is 71.3 Å². The van der Waals surface area contributed by atoms with E-state index in [0.717, 1.165) is 18.4 Å². The minimum atomic E-state index is -0.307. The summed E-state index contributed by atoms with van der Waals surface area (Å²) in [6.45, 7) is 6.73. The van der Waals surface area contributed by atoms with Crippen molar-refractivity contribution in [1.29, 1.82) is 0 Å². The molecule has 19 heavy (non-hydrogen) atoms. The Balaban J connectivity index is 2.12. The van der Waals surface area contributed by atoms with Crippen LogP contribution in [0, 0.1) is 5.41 Å². The van der Waals surface area contributed by atoms with Gasteiger partial charge in [0.2, 0.25) is 0 Å². The molecule has 1 saturated carbocycles. The van der Waals surface area contributed by atoms with Crippen LogP contribution in [0.5, 0.6) is 0 Å². The monoisotopic (exact) mass is 260 g/mol. The van der Waals surface area contributed by atoms with E-state index < -0.39 is 0 Å². The minimum Gasteiger partial charge on any atom is -0.388 e. The lowest BCUT2D eigenvalue weighted by molar-refractivity contribution is 0.00818. The minimum absolute atomic E-state index is 0.0795. The molecule has 0 aromatic heterocycles. The Morgan fingerprint density at radius 3 is 2.11 bits per heavy atom. The summed E-state index contributed by atoms with van der Waals surface area (Å²) in [5, 5.41) is 10.7. The molecule has 1 nitrogen and oxygen atoms in total. The van der Waals surface area contributed by atoms with Crippen molar-refractivity contribution in [3.63, 3.8) is 0 Å². The molecule has 2 unspecified atom stereocenters. The van der Waals surface area contributed by atoms with E-state index >= 15 is 0 Å². The summed E-state index contributed by atoms with van der Waals surface area (Å²) in [5.41, 5.74) is 2.56. The van der Waals surface area contributed by atoms with Crippen molar-refractivity contribution in [3.05, 3.63) is 35.4 Å². The van der Waals surface area contributed by atoms with Crippen molar-refractivity contribution in [2.24, 2.45) is 5.41 Å². The van der Waals surface area contributed by atoms with Gasteiger partial charge in [0.25, 0.3) is 0 Å². The number of hydrogen-bond donors (Lipinski definition) is 1. The van der Waals surface area contributed by atoms with E-state index in [1.54, 1.807) is 0 Å². The molecule has 1 aromatic rings. The zero-order chi connectivity index (χ0) is 13.9. The van der Waals surface area contributed by atoms with Crippen LogP contribution in [0.25, 0.3) is 0 Å². The average molecular weight is 260 g/mol. The van der Waals surface area contributed by atoms with Crippen LogP contribution < -0.4 is 0 Å². The Kier molecular flexibility index (Phi) is 4.67. The van der Waals surface area contributed by atoms with Crippen molar-refractivity contribution < 1.29 is 5.11 Å². The van der Waals surface area contributed by atoms with Crippen LogP contribution in [0.4, 0.5) is 0 Å². The van der Waals surface area contributed by atoms with Crippen LogP contribution in [0.1, 0.15) is 82.4 Å². The summed E-state index contributed by atoms with van der Waals surface area (Å²) < 4.78 is 0. The van der Waals surface area contributed by atoms with Gasteiger partial charge in [0.05, 0.1) is 6.10 Å². The maximum absolute atomic E-state index is 10.7. The predicted molar refractivity (Wildman–Crippen MR) is 81.3 cm³/mol. The van der Waals surface area contributed by atoms with Crippen LogP contribution in [0.3, 0.4) is 0 Å². The zero-order valence-corrected chi connectivity index (χ0v) is 12.7. The van der Waals surface area contributed by atoms with Gasteiger partial charge in [-0.3, -0.25) is 0 Å². The molecule has 1 fully saturated rings. The Labute approximate surface area is 118 Å². The molecular formula is C18H28O. The Morgan fingerprint density at radius 1 is 1.05 bits per heavy atom. The van der Waals surface area contributed by atoms with Crippen LogP contribution in [0.2, 0.25) is 0 Å². The number of aliphatic hydroxyl groups is 1. The highest BCUT2D eigenvalue weighted by Crippen LogP contribution is 2.45. The highest BCUT2D eigenvalue weighted by atomic mass is 16.3. The van der Waals surface area contributed by atoms with Gasteiger partial charge in [-0.2, -0.15) is 0 Å². The molecular weight excluding hydrogens is 232 g/mol. The number of hydrogen-bond acceptors (Lipinski definition) is 1. The largest absolute Gasteiger partial charge is 0.388 e. The lowest BCUT2D eigenvalue weighted by atomic mass is 9.70. The second kappa shape index (κ2) is 6.09. The van der Waals surface area contributed by atoms with E-state index in [-0.39, 0.29) is 11.5 Å². The van der Waals surface area contributed by atoms with Gasteiger partial charge in [-0.25, -0.2) is 0 Å². The van der Waals surface area contributed by atoms with Gasteiger partial charge < -0.3 is 5.11 Å². The zero-order valence-electron chi connectivity index (χ0n) is 12.7. The molecule has 1 aliphatic rings. The quantitative estimate of drug-likeness (QED) is 0.788. The molecule has 0 bridgehead atoms. The molecule has 1 aromatic carbocycles. The topological polar surface area (TPSA) is 20.2 Å². The Hall–Kier alpha value is -0.820. The first-order valence-electron chi connectivity index (χ1n) is 7.85. The molecule has 0 heterocycles. The molecule has 0 aliphatic heterocycles. The van der Waals surface area contributed by atoms with E-state index in [2.05, 4.69) is 45.0 Å². The summed E-state index contributed by atoms with van der Waals surface area (Å²) >= 11 is 0. The summed E-state index contributed by atoms with van der Waals surface area (Å²) in [7, 11) is 0. The SMILES string of the molecule is CCC(C)c1ccc(C(O)C2(C)CCCCC2)cc1. The van der Waals surface area contributed by atoms with Crippen LogP contribution in [0.15, 0.2) is 24.3 Å². The predicted octanol–water partition coefficient (Wildman–Crippen LogP) is 5.20. The van der Waals surface area contributed by atoms with Gasteiger partial charge in [-0.1, -0.05) is 64.3 Å². The van der Waals surface area contributed by atoms with Gasteiger partial charge in [0.15, 0.2) is 0 Å². The fourth-order valence-electron chi connectivity index (χ4n) is 3.28. The van der Waals surface area contributed by atoms with E-state index in [1.807, 2.05) is 0 Å². The van der Waals surface area contributed by atoms with E-state index in [4.69, 9.17) is 0 Å². The molecule has 0 amide bonds. The second-order valence-corrected chi connectivity index (χ2v) is 6.59. The standard InChI is InChI=1S/C18H28O/c1-4-14(2)15-8-10-16(11-9-15)17(19)18(3)12-6-5-7-13-18/h8-11,14,17,19H,4-7,12-13H2,1-3H3. The van der Waals surface area contributed by atoms with E-state index in [9.17, 15) is 5.11 Å². The van der Waals surface area contributed by atoms with Gasteiger partial charge in [-0.15, -0.1) is 0 Å². The summed E-state index contributed by atoms with van der Waals surface area (Å²) in [6, 6.07) is 8.65. The van der Waals surface area contributed by atoms with Crippen LogP contribution in [-0.2, 0) is 0 Å². The molecule has 2 rings (SSSR count). The first-order valence-corrected chi connectivity index (χ1v) is 7.85. The second-order valence-electron chi connectivity index (χ2n) is 6.59. The number of rotatable bonds is 4. The molecule has 0 radical (unpaired) electrons. The third kappa shape index (κ3) is 3.20. The lowest BCUT2D eigenvalue weighted by Crippen LogP contribution is -2.28. The Morgan fingerprint density at radius 2 is 1.58 bits per heavy atom. The van der Waals surface area contributed by atoms with Crippen LogP contribution >= 0.6 is 0 Å². The fourth-order valence-corrected chi connectivity index (χ4v) is 3.28. The fraction of sp³-hybridized carbons (Fsp3) is 0.667. The number of aliphatic hydroxyl groups excluding tert-OH is 1. The molecule has 1 heteroatoms. The maximum Gasteiger partial charge on any atom is 0.0843 e. The highest BCUT2D eigenvalue weighted by Gasteiger charge is 2.35. The Bertz CT molecular complexity index is 387. The van der Waals surface area contributed by atoms with E-state index in [1.165, 1.54) is 31.2 Å². The normalized spacial score (nSPS) is 21.9. The summed E-state index contributed by atoms with van der Waals surface area (Å²) in [6.07, 6.45) is 7.02. The third-order valence-electron chi connectivity index (χ3n) is 5.09. The van der Waals surface area contributed by atoms with Gasteiger partial charge in [-0.05, 0) is 41.7 Å². The highest BCUT2D eigenvalue weighted by molar-refractivity contribution is 5.27. The number of benzene rings is 1. The summed E-state index contributed by atoms with van der Waals surface area (Å²) in [4.78, 5) is 0. The van der Waals surface area contributed by atoms with Crippen LogP contribution in [-0.4, -0.2) is 5.11 Å². The molecule has 0 saturated heterocycles. The van der Waals surface area contributed by atoms with Crippen molar-refractivity contribution >= 4 is 0 Å². The van der Waals surface area contributed by atoms with Crippen molar-refractivity contribution in [2.75, 3.05) is 0 Å². The smallest absolute Gasteiger partial charge is 0.0843 e. The molecule has 0 spiro atoms. The first-order chi connectivity index (χ1) is 9.07. The van der Waals surface area contributed by atoms with Gasteiger partial charge in [0, 0.05) is 0 Å². The molecule has 1 aliphatic carbocycles. The summed E-state index contributed by atoms with van der Waals surface area (Å²) in [5.74, 6) is 0.608. The lowest BCUT2D eigenvalue weighted by Gasteiger charge is -2.38. The molecule has 106 valence electrons. The first kappa shape index (κ1) is 14.6. The van der Waals surface area contributed by atoms with Gasteiger partial charge >= 0.3 is 0 Å². The van der Waals surface area contributed by atoms with Crippen molar-refractivity contribution in [3.8, 4) is 0 Å². The molecule has 2 atom stereocenters. The maximum atomic E-state index is 10.7. The molecule has 1 N–H and O–H groups in total. The van der Waals surface area contributed by atoms with Gasteiger partial charge in [0.1, 0.15) is 0 Å². The average Bonchev–Trinajstić information content (AvgIpc) is 2.46. The van der Waals surface area contributed by atoms with E-state index in [0.29, 0.717) is 5.92 Å². The van der Waals surface area contributed by atoms with Crippen molar-refractivity contribution in [1.82, 2.24) is 0 Å². The third-order valence-corrected chi connectivity index (χ3v) is 5.09.